The number of hydrogen-bond acceptors (Lipinski definition) is 3. The third kappa shape index (κ3) is 5.59. The number of nitrogens with one attached hydrogen (secondary N) is 2. The van der Waals surface area contributed by atoms with Crippen LogP contribution < -0.4 is 10.6 Å². The molecule has 0 saturated heterocycles. The van der Waals surface area contributed by atoms with Crippen molar-refractivity contribution >= 4 is 11.8 Å². The van der Waals surface area contributed by atoms with Crippen LogP contribution in [0, 0.1) is 0 Å². The highest BCUT2D eigenvalue weighted by atomic mass is 16.2. The molecule has 0 radical (unpaired) electrons. The molecule has 1 unspecified atom stereocenters. The van der Waals surface area contributed by atoms with Crippen LogP contribution >= 0.6 is 0 Å². The number of carbonyl (C=O) groups is 2. The summed E-state index contributed by atoms with van der Waals surface area (Å²) in [4.78, 5) is 25.2. The maximum Gasteiger partial charge on any atom is 0.237 e. The predicted molar refractivity (Wildman–Crippen MR) is 75.8 cm³/mol. The second kappa shape index (κ2) is 8.15. The van der Waals surface area contributed by atoms with Gasteiger partial charge in [-0.1, -0.05) is 19.3 Å². The lowest BCUT2D eigenvalue weighted by molar-refractivity contribution is -0.129. The van der Waals surface area contributed by atoms with Crippen molar-refractivity contribution in [2.45, 2.75) is 58.0 Å². The molecule has 0 bridgehead atoms. The maximum atomic E-state index is 12.0. The molecule has 110 valence electrons. The Labute approximate surface area is 116 Å². The lowest BCUT2D eigenvalue weighted by Gasteiger charge is -2.25. The van der Waals surface area contributed by atoms with E-state index in [1.807, 2.05) is 6.92 Å². The molecule has 1 atom stereocenters. The van der Waals surface area contributed by atoms with E-state index in [1.54, 1.807) is 18.9 Å². The molecular formula is C14H27N3O2. The normalized spacial score (nSPS) is 17.8. The topological polar surface area (TPSA) is 61.4 Å². The van der Waals surface area contributed by atoms with Gasteiger partial charge in [0.25, 0.3) is 0 Å². The van der Waals surface area contributed by atoms with Gasteiger partial charge >= 0.3 is 0 Å². The quantitative estimate of drug-likeness (QED) is 0.753. The van der Waals surface area contributed by atoms with Crippen LogP contribution in [-0.4, -0.2) is 48.9 Å². The van der Waals surface area contributed by atoms with Crippen LogP contribution in [0.4, 0.5) is 0 Å². The van der Waals surface area contributed by atoms with E-state index < -0.39 is 0 Å². The lowest BCUT2D eigenvalue weighted by Crippen LogP contribution is -2.49. The zero-order valence-electron chi connectivity index (χ0n) is 12.4. The van der Waals surface area contributed by atoms with Crippen molar-refractivity contribution in [3.8, 4) is 0 Å². The molecular weight excluding hydrogens is 242 g/mol. The van der Waals surface area contributed by atoms with Crippen molar-refractivity contribution in [2.24, 2.45) is 0 Å². The molecule has 0 aliphatic heterocycles. The number of nitrogens with zero attached hydrogens (tertiary/aromatic N) is 1. The van der Waals surface area contributed by atoms with Crippen LogP contribution in [0.2, 0.25) is 0 Å². The Hall–Kier alpha value is -1.10. The minimum absolute atomic E-state index is 0.00106. The Kier molecular flexibility index (Phi) is 6.84. The van der Waals surface area contributed by atoms with Gasteiger partial charge in [-0.3, -0.25) is 14.9 Å². The Bertz CT molecular complexity index is 301. The van der Waals surface area contributed by atoms with Crippen molar-refractivity contribution in [1.29, 1.82) is 0 Å². The fourth-order valence-corrected chi connectivity index (χ4v) is 2.22. The second-order valence-electron chi connectivity index (χ2n) is 5.35. The van der Waals surface area contributed by atoms with E-state index in [0.29, 0.717) is 12.6 Å². The molecule has 5 heteroatoms. The standard InChI is InChI=1S/C14H27N3O2/c1-4-17(3)13(18)10-15-11(2)14(19)16-12-8-6-5-7-9-12/h11-12,15H,4-10H2,1-3H3,(H,16,19). The Morgan fingerprint density at radius 1 is 1.26 bits per heavy atom. The number of likely N-dealkylation sites (N-methyl/N-ethyl adjacent to an activating group) is 1. The lowest BCUT2D eigenvalue weighted by atomic mass is 9.95. The first-order chi connectivity index (χ1) is 9.04. The third-order valence-electron chi connectivity index (χ3n) is 3.80. The molecule has 0 aromatic carbocycles. The molecule has 0 heterocycles. The van der Waals surface area contributed by atoms with Crippen molar-refractivity contribution < 1.29 is 9.59 Å². The third-order valence-corrected chi connectivity index (χ3v) is 3.80. The van der Waals surface area contributed by atoms with Crippen LogP contribution in [0.15, 0.2) is 0 Å². The van der Waals surface area contributed by atoms with Crippen LogP contribution in [0.5, 0.6) is 0 Å². The smallest absolute Gasteiger partial charge is 0.237 e. The molecule has 19 heavy (non-hydrogen) atoms. The summed E-state index contributed by atoms with van der Waals surface area (Å²) in [5.41, 5.74) is 0. The first-order valence-corrected chi connectivity index (χ1v) is 7.32. The van der Waals surface area contributed by atoms with Gasteiger partial charge in [-0.2, -0.15) is 0 Å². The van der Waals surface area contributed by atoms with Gasteiger partial charge in [0.15, 0.2) is 0 Å². The highest BCUT2D eigenvalue weighted by molar-refractivity contribution is 5.83. The predicted octanol–water partition coefficient (Wildman–Crippen LogP) is 0.892. The van der Waals surface area contributed by atoms with Crippen molar-refractivity contribution in [1.82, 2.24) is 15.5 Å². The van der Waals surface area contributed by atoms with E-state index in [9.17, 15) is 9.59 Å². The highest BCUT2D eigenvalue weighted by Crippen LogP contribution is 2.17. The van der Waals surface area contributed by atoms with Gasteiger partial charge in [0, 0.05) is 19.6 Å². The summed E-state index contributed by atoms with van der Waals surface area (Å²) in [6, 6.07) is -0.00403. The van der Waals surface area contributed by atoms with E-state index in [4.69, 9.17) is 0 Å². The first-order valence-electron chi connectivity index (χ1n) is 7.32. The van der Waals surface area contributed by atoms with E-state index in [2.05, 4.69) is 10.6 Å². The van der Waals surface area contributed by atoms with E-state index in [-0.39, 0.29) is 24.4 Å². The molecule has 0 aromatic heterocycles. The molecule has 1 aliphatic rings. The Morgan fingerprint density at radius 3 is 2.47 bits per heavy atom. The molecule has 2 amide bonds. The van der Waals surface area contributed by atoms with Gasteiger partial charge in [0.1, 0.15) is 0 Å². The van der Waals surface area contributed by atoms with Gasteiger partial charge < -0.3 is 10.2 Å². The monoisotopic (exact) mass is 269 g/mol. The molecule has 5 nitrogen and oxygen atoms in total. The minimum atomic E-state index is -0.323. The number of carbonyl (C=O) groups excluding carboxylic acids is 2. The maximum absolute atomic E-state index is 12.0. The molecule has 1 fully saturated rings. The molecule has 2 N–H and O–H groups in total. The van der Waals surface area contributed by atoms with Gasteiger partial charge in [-0.15, -0.1) is 0 Å². The van der Waals surface area contributed by atoms with Crippen molar-refractivity contribution in [3.63, 3.8) is 0 Å². The Morgan fingerprint density at radius 2 is 1.89 bits per heavy atom. The first kappa shape index (κ1) is 16.0. The molecule has 1 aliphatic carbocycles. The Balaban J connectivity index is 2.26. The van der Waals surface area contributed by atoms with Crippen LogP contribution in [0.3, 0.4) is 0 Å². The van der Waals surface area contributed by atoms with Crippen LogP contribution in [0.25, 0.3) is 0 Å². The zero-order chi connectivity index (χ0) is 14.3. The van der Waals surface area contributed by atoms with Crippen molar-refractivity contribution in [3.05, 3.63) is 0 Å². The zero-order valence-corrected chi connectivity index (χ0v) is 12.4. The molecule has 0 aromatic rings. The SMILES string of the molecule is CCN(C)C(=O)CNC(C)C(=O)NC1CCCCC1. The fraction of sp³-hybridized carbons (Fsp3) is 0.857. The molecule has 0 spiro atoms. The van der Waals surface area contributed by atoms with Gasteiger partial charge in [0.05, 0.1) is 12.6 Å². The second-order valence-corrected chi connectivity index (χ2v) is 5.35. The van der Waals surface area contributed by atoms with Gasteiger partial charge in [-0.05, 0) is 26.7 Å². The molecule has 1 saturated carbocycles. The van der Waals surface area contributed by atoms with Gasteiger partial charge in [-0.25, -0.2) is 0 Å². The highest BCUT2D eigenvalue weighted by Gasteiger charge is 2.20. The van der Waals surface area contributed by atoms with E-state index >= 15 is 0 Å². The summed E-state index contributed by atoms with van der Waals surface area (Å²) in [5, 5.41) is 6.04. The minimum Gasteiger partial charge on any atom is -0.352 e. The summed E-state index contributed by atoms with van der Waals surface area (Å²) < 4.78 is 0. The van der Waals surface area contributed by atoms with Crippen LogP contribution in [0.1, 0.15) is 46.0 Å². The van der Waals surface area contributed by atoms with Gasteiger partial charge in [0.2, 0.25) is 11.8 Å². The molecule has 1 rings (SSSR count). The summed E-state index contributed by atoms with van der Waals surface area (Å²) in [7, 11) is 1.76. The summed E-state index contributed by atoms with van der Waals surface area (Å²) in [5.74, 6) is 0.0127. The fourth-order valence-electron chi connectivity index (χ4n) is 2.22. The number of amides is 2. The summed E-state index contributed by atoms with van der Waals surface area (Å²) in [6.45, 7) is 4.63. The average molecular weight is 269 g/mol. The number of hydrogen-bond donors (Lipinski definition) is 2. The van der Waals surface area contributed by atoms with E-state index in [1.165, 1.54) is 19.3 Å². The average Bonchev–Trinajstić information content (AvgIpc) is 2.44. The summed E-state index contributed by atoms with van der Waals surface area (Å²) >= 11 is 0. The summed E-state index contributed by atoms with van der Waals surface area (Å²) in [6.07, 6.45) is 5.84. The largest absolute Gasteiger partial charge is 0.352 e. The van der Waals surface area contributed by atoms with Crippen LogP contribution in [-0.2, 0) is 9.59 Å². The van der Waals surface area contributed by atoms with E-state index in [0.717, 1.165) is 12.8 Å². The number of rotatable bonds is 6. The van der Waals surface area contributed by atoms with Crippen molar-refractivity contribution in [2.75, 3.05) is 20.1 Å².